The van der Waals surface area contributed by atoms with Crippen LogP contribution in [-0.4, -0.2) is 0 Å². The quantitative estimate of drug-likeness (QED) is 0.581. The fourth-order valence-electron chi connectivity index (χ4n) is 1.57. The first-order valence-corrected chi connectivity index (χ1v) is 6.62. The van der Waals surface area contributed by atoms with E-state index in [4.69, 9.17) is 23.2 Å². The summed E-state index contributed by atoms with van der Waals surface area (Å²) >= 11 is 14.3. The monoisotopic (exact) mass is 362 g/mol. The van der Waals surface area contributed by atoms with Crippen LogP contribution < -0.4 is 0 Å². The molecule has 2 aromatic carbocycles. The third-order valence-electron chi connectivity index (χ3n) is 2.30. The molecule has 2 rings (SSSR count). The van der Waals surface area contributed by atoms with E-state index in [2.05, 4.69) is 47.7 Å². The summed E-state index contributed by atoms with van der Waals surface area (Å²) in [6.45, 7) is 2.08. The van der Waals surface area contributed by atoms with Crippen LogP contribution in [0.5, 0.6) is 0 Å². The molecule has 0 nitrogen and oxygen atoms in total. The predicted molar refractivity (Wildman–Crippen MR) is 79.4 cm³/mol. The molecule has 0 saturated carbocycles. The van der Waals surface area contributed by atoms with Crippen LogP contribution in [0.25, 0.3) is 11.1 Å². The molecule has 0 aromatic heterocycles. The number of hydrogen-bond acceptors (Lipinski definition) is 0. The molecule has 0 aliphatic carbocycles. The van der Waals surface area contributed by atoms with E-state index in [1.807, 2.05) is 12.1 Å². The predicted octanol–water partition coefficient (Wildman–Crippen LogP) is 5.57. The number of benzene rings is 2. The van der Waals surface area contributed by atoms with Gasteiger partial charge in [0.25, 0.3) is 0 Å². The third kappa shape index (κ3) is 2.70. The van der Waals surface area contributed by atoms with Crippen molar-refractivity contribution in [3.05, 3.63) is 55.6 Å². The molecule has 82 valence electrons. The van der Waals surface area contributed by atoms with Crippen molar-refractivity contribution in [1.82, 2.24) is 0 Å². The van der Waals surface area contributed by atoms with Crippen molar-refractivity contribution in [3.8, 4) is 11.1 Å². The Labute approximate surface area is 119 Å². The van der Waals surface area contributed by atoms with Crippen LogP contribution in [0.1, 0.15) is 5.56 Å². The SMILES string of the molecule is Cc1ccc(I)c(-c2cc(Cl)cc(Cl)c2)c1. The number of halogens is 3. The summed E-state index contributed by atoms with van der Waals surface area (Å²) in [7, 11) is 0. The molecule has 0 heterocycles. The van der Waals surface area contributed by atoms with E-state index < -0.39 is 0 Å². The van der Waals surface area contributed by atoms with Gasteiger partial charge in [-0.25, -0.2) is 0 Å². The normalized spacial score (nSPS) is 10.5. The van der Waals surface area contributed by atoms with Crippen LogP contribution >= 0.6 is 45.8 Å². The highest BCUT2D eigenvalue weighted by Gasteiger charge is 2.05. The van der Waals surface area contributed by atoms with Crippen molar-refractivity contribution in [1.29, 1.82) is 0 Å². The van der Waals surface area contributed by atoms with E-state index >= 15 is 0 Å². The molecule has 16 heavy (non-hydrogen) atoms. The molecule has 0 N–H and O–H groups in total. The second kappa shape index (κ2) is 4.94. The molecule has 0 aliphatic rings. The zero-order valence-electron chi connectivity index (χ0n) is 8.60. The molecular weight excluding hydrogens is 354 g/mol. The summed E-state index contributed by atoms with van der Waals surface area (Å²) in [6, 6.07) is 11.9. The maximum Gasteiger partial charge on any atom is 0.0426 e. The second-order valence-electron chi connectivity index (χ2n) is 3.64. The van der Waals surface area contributed by atoms with Gasteiger partial charge in [-0.05, 0) is 64.9 Å². The molecule has 0 fully saturated rings. The Morgan fingerprint density at radius 3 is 2.19 bits per heavy atom. The lowest BCUT2D eigenvalue weighted by Crippen LogP contribution is -1.85. The van der Waals surface area contributed by atoms with Crippen LogP contribution in [0.15, 0.2) is 36.4 Å². The standard InChI is InChI=1S/C13H9Cl2I/c1-8-2-3-13(16)12(4-8)9-5-10(14)7-11(15)6-9/h2-7H,1H3. The van der Waals surface area contributed by atoms with Gasteiger partial charge in [-0.1, -0.05) is 40.9 Å². The largest absolute Gasteiger partial charge is 0.0843 e. The van der Waals surface area contributed by atoms with E-state index in [0.29, 0.717) is 10.0 Å². The fraction of sp³-hybridized carbons (Fsp3) is 0.0769. The van der Waals surface area contributed by atoms with E-state index in [9.17, 15) is 0 Å². The lowest BCUT2D eigenvalue weighted by Gasteiger charge is -2.07. The molecule has 0 atom stereocenters. The Hall–Kier alpha value is -0.250. The molecule has 0 radical (unpaired) electrons. The Morgan fingerprint density at radius 2 is 1.56 bits per heavy atom. The van der Waals surface area contributed by atoms with E-state index in [1.165, 1.54) is 14.7 Å². The molecule has 0 spiro atoms. The fourth-order valence-corrected chi connectivity index (χ4v) is 2.74. The molecule has 0 aliphatic heterocycles. The Morgan fingerprint density at radius 1 is 0.938 bits per heavy atom. The maximum absolute atomic E-state index is 6.01. The lowest BCUT2D eigenvalue weighted by molar-refractivity contribution is 1.45. The van der Waals surface area contributed by atoms with Crippen molar-refractivity contribution in [2.24, 2.45) is 0 Å². The maximum atomic E-state index is 6.01. The average Bonchev–Trinajstić information content (AvgIpc) is 2.20. The molecule has 0 bridgehead atoms. The van der Waals surface area contributed by atoms with Crippen molar-refractivity contribution >= 4 is 45.8 Å². The van der Waals surface area contributed by atoms with E-state index in [-0.39, 0.29) is 0 Å². The van der Waals surface area contributed by atoms with Gasteiger partial charge in [-0.2, -0.15) is 0 Å². The van der Waals surface area contributed by atoms with Gasteiger partial charge in [-0.3, -0.25) is 0 Å². The number of rotatable bonds is 1. The van der Waals surface area contributed by atoms with Crippen molar-refractivity contribution in [2.75, 3.05) is 0 Å². The molecule has 0 unspecified atom stereocenters. The zero-order valence-corrected chi connectivity index (χ0v) is 12.3. The molecule has 3 heteroatoms. The van der Waals surface area contributed by atoms with Gasteiger partial charge in [0.2, 0.25) is 0 Å². The third-order valence-corrected chi connectivity index (χ3v) is 3.67. The van der Waals surface area contributed by atoms with Crippen LogP contribution in [0.4, 0.5) is 0 Å². The minimum atomic E-state index is 0.666. The minimum absolute atomic E-state index is 0.666. The summed E-state index contributed by atoms with van der Waals surface area (Å²) in [5.41, 5.74) is 3.46. The van der Waals surface area contributed by atoms with Crippen molar-refractivity contribution < 1.29 is 0 Å². The lowest BCUT2D eigenvalue weighted by atomic mass is 10.0. The Bertz CT molecular complexity index is 515. The van der Waals surface area contributed by atoms with Crippen LogP contribution in [0, 0.1) is 10.5 Å². The van der Waals surface area contributed by atoms with Crippen molar-refractivity contribution in [3.63, 3.8) is 0 Å². The summed E-state index contributed by atoms with van der Waals surface area (Å²) in [5, 5.41) is 1.33. The number of aryl methyl sites for hydroxylation is 1. The van der Waals surface area contributed by atoms with Gasteiger partial charge >= 0.3 is 0 Å². The summed E-state index contributed by atoms with van der Waals surface area (Å²) in [6.07, 6.45) is 0. The van der Waals surface area contributed by atoms with Gasteiger partial charge in [0.1, 0.15) is 0 Å². The summed E-state index contributed by atoms with van der Waals surface area (Å²) < 4.78 is 1.20. The minimum Gasteiger partial charge on any atom is -0.0843 e. The zero-order chi connectivity index (χ0) is 11.7. The Kier molecular flexibility index (Phi) is 3.77. The van der Waals surface area contributed by atoms with Gasteiger partial charge in [0.15, 0.2) is 0 Å². The summed E-state index contributed by atoms with van der Waals surface area (Å²) in [4.78, 5) is 0. The first-order chi connectivity index (χ1) is 7.56. The van der Waals surface area contributed by atoms with E-state index in [0.717, 1.165) is 5.56 Å². The average molecular weight is 363 g/mol. The van der Waals surface area contributed by atoms with Gasteiger partial charge in [-0.15, -0.1) is 0 Å². The highest BCUT2D eigenvalue weighted by atomic mass is 127. The van der Waals surface area contributed by atoms with Crippen LogP contribution in [0.3, 0.4) is 0 Å². The highest BCUT2D eigenvalue weighted by molar-refractivity contribution is 14.1. The first kappa shape index (κ1) is 12.2. The molecular formula is C13H9Cl2I. The van der Waals surface area contributed by atoms with Crippen LogP contribution in [-0.2, 0) is 0 Å². The summed E-state index contributed by atoms with van der Waals surface area (Å²) in [5.74, 6) is 0. The molecule has 2 aromatic rings. The van der Waals surface area contributed by atoms with Gasteiger partial charge in [0.05, 0.1) is 0 Å². The van der Waals surface area contributed by atoms with Crippen molar-refractivity contribution in [2.45, 2.75) is 6.92 Å². The molecule has 0 saturated heterocycles. The van der Waals surface area contributed by atoms with E-state index in [1.54, 1.807) is 6.07 Å². The number of hydrogen-bond donors (Lipinski definition) is 0. The van der Waals surface area contributed by atoms with Crippen LogP contribution in [0.2, 0.25) is 10.0 Å². The first-order valence-electron chi connectivity index (χ1n) is 4.79. The highest BCUT2D eigenvalue weighted by Crippen LogP contribution is 2.30. The smallest absolute Gasteiger partial charge is 0.0426 e. The molecule has 0 amide bonds. The van der Waals surface area contributed by atoms with Gasteiger partial charge in [0, 0.05) is 13.6 Å². The Balaban J connectivity index is 2.62. The second-order valence-corrected chi connectivity index (χ2v) is 5.68. The topological polar surface area (TPSA) is 0 Å². The van der Waals surface area contributed by atoms with Gasteiger partial charge < -0.3 is 0 Å².